The van der Waals surface area contributed by atoms with Crippen molar-refractivity contribution in [3.63, 3.8) is 0 Å². The lowest BCUT2D eigenvalue weighted by Crippen LogP contribution is -2.50. The van der Waals surface area contributed by atoms with Crippen molar-refractivity contribution >= 4 is 11.6 Å². The van der Waals surface area contributed by atoms with Crippen molar-refractivity contribution in [2.45, 2.75) is 59.2 Å². The third kappa shape index (κ3) is 5.07. The first-order chi connectivity index (χ1) is 15.0. The average Bonchev–Trinajstić information content (AvgIpc) is 2.68. The summed E-state index contributed by atoms with van der Waals surface area (Å²) >= 11 is 0. The smallest absolute Gasteiger partial charge is 0.355 e. The Labute approximate surface area is 186 Å². The summed E-state index contributed by atoms with van der Waals surface area (Å²) in [6.07, 6.45) is 0.0437. The third-order valence-electron chi connectivity index (χ3n) is 4.91. The fraction of sp³-hybridized carbons (Fsp3) is 0.375. The predicted molar refractivity (Wildman–Crippen MR) is 123 cm³/mol. The van der Waals surface area contributed by atoms with Gasteiger partial charge in [-0.05, 0) is 83.5 Å². The van der Waals surface area contributed by atoms with Crippen LogP contribution in [-0.4, -0.2) is 20.2 Å². The summed E-state index contributed by atoms with van der Waals surface area (Å²) in [5.74, 6) is 0.446. The second-order valence-electron chi connectivity index (χ2n) is 8.92. The molecule has 3 aromatic rings. The van der Waals surface area contributed by atoms with Gasteiger partial charge in [0.25, 0.3) is 0 Å². The maximum atomic E-state index is 13.5. The molecule has 2 aromatic carbocycles. The highest BCUT2D eigenvalue weighted by molar-refractivity contribution is 5.55. The van der Waals surface area contributed by atoms with Gasteiger partial charge in [0, 0.05) is 11.2 Å². The Bertz CT molecular complexity index is 1190. The molecule has 1 heterocycles. The van der Waals surface area contributed by atoms with E-state index in [0.29, 0.717) is 17.0 Å². The van der Waals surface area contributed by atoms with E-state index in [1.807, 2.05) is 13.8 Å². The monoisotopic (exact) mass is 440 g/mol. The normalized spacial score (nSPS) is 12.6. The fourth-order valence-corrected chi connectivity index (χ4v) is 3.39. The van der Waals surface area contributed by atoms with Gasteiger partial charge < -0.3 is 10.1 Å². The Kier molecular flexibility index (Phi) is 6.52. The van der Waals surface area contributed by atoms with E-state index in [9.17, 15) is 14.0 Å². The molecule has 32 heavy (non-hydrogen) atoms. The summed E-state index contributed by atoms with van der Waals surface area (Å²) in [7, 11) is 0. The maximum absolute atomic E-state index is 13.5. The minimum Gasteiger partial charge on any atom is -0.491 e. The highest BCUT2D eigenvalue weighted by atomic mass is 19.1. The molecule has 7 nitrogen and oxygen atoms in total. The van der Waals surface area contributed by atoms with Crippen LogP contribution < -0.4 is 21.4 Å². The molecular weight excluding hydrogens is 411 g/mol. The molecule has 170 valence electrons. The number of ether oxygens (including phenoxy) is 1. The van der Waals surface area contributed by atoms with E-state index in [0.717, 1.165) is 4.57 Å². The lowest BCUT2D eigenvalue weighted by molar-refractivity contribution is 0.242. The number of nitrogens with one attached hydrogen (secondary N) is 1. The number of aromatic nitrogens is 3. The van der Waals surface area contributed by atoms with Gasteiger partial charge in [0.05, 0.1) is 12.1 Å². The van der Waals surface area contributed by atoms with Crippen LogP contribution in [0.25, 0.3) is 0 Å². The van der Waals surface area contributed by atoms with Crippen LogP contribution in [0.2, 0.25) is 0 Å². The standard InChI is InChI=1S/C24H29FN4O3/c1-15(2)32-20-13-11-19(12-14-20)26-21-27-22(30)29(24(4,5)6)23(31)28(21)16(3)17-7-9-18(25)10-8-17/h7-16H,1-6H3,(H,26,27,30). The van der Waals surface area contributed by atoms with Gasteiger partial charge in [-0.25, -0.2) is 18.5 Å². The zero-order chi connectivity index (χ0) is 23.6. The summed E-state index contributed by atoms with van der Waals surface area (Å²) in [5, 5.41) is 3.08. The number of hydrogen-bond donors (Lipinski definition) is 1. The second-order valence-corrected chi connectivity index (χ2v) is 8.92. The van der Waals surface area contributed by atoms with Crippen molar-refractivity contribution in [2.24, 2.45) is 0 Å². The number of benzene rings is 2. The van der Waals surface area contributed by atoms with Crippen LogP contribution in [0.5, 0.6) is 5.75 Å². The first-order valence-electron chi connectivity index (χ1n) is 10.5. The number of halogens is 1. The molecular formula is C24H29FN4O3. The van der Waals surface area contributed by atoms with Crippen LogP contribution in [0.4, 0.5) is 16.0 Å². The minimum atomic E-state index is -0.764. The van der Waals surface area contributed by atoms with E-state index < -0.39 is 23.0 Å². The highest BCUT2D eigenvalue weighted by Crippen LogP contribution is 2.24. The first-order valence-corrected chi connectivity index (χ1v) is 10.5. The molecule has 0 aliphatic heterocycles. The molecule has 0 amide bonds. The van der Waals surface area contributed by atoms with Crippen LogP contribution in [0.15, 0.2) is 58.1 Å². The lowest BCUT2D eigenvalue weighted by Gasteiger charge is -2.26. The van der Waals surface area contributed by atoms with Crippen LogP contribution >= 0.6 is 0 Å². The number of rotatable bonds is 6. The van der Waals surface area contributed by atoms with E-state index in [1.54, 1.807) is 64.1 Å². The Morgan fingerprint density at radius 2 is 1.56 bits per heavy atom. The molecule has 0 fully saturated rings. The van der Waals surface area contributed by atoms with E-state index in [1.165, 1.54) is 16.7 Å². The Balaban J connectivity index is 2.11. The molecule has 0 bridgehead atoms. The Morgan fingerprint density at radius 3 is 2.09 bits per heavy atom. The number of anilines is 2. The Morgan fingerprint density at radius 1 is 0.969 bits per heavy atom. The molecule has 1 aromatic heterocycles. The van der Waals surface area contributed by atoms with Crippen LogP contribution in [0.3, 0.4) is 0 Å². The quantitative estimate of drug-likeness (QED) is 0.613. The largest absolute Gasteiger partial charge is 0.491 e. The minimum absolute atomic E-state index is 0.0437. The topological polar surface area (TPSA) is 78.2 Å². The molecule has 0 aliphatic rings. The highest BCUT2D eigenvalue weighted by Gasteiger charge is 2.25. The maximum Gasteiger partial charge on any atom is 0.355 e. The van der Waals surface area contributed by atoms with Crippen molar-refractivity contribution in [3.8, 4) is 5.75 Å². The van der Waals surface area contributed by atoms with E-state index in [2.05, 4.69) is 10.3 Å². The van der Waals surface area contributed by atoms with Gasteiger partial charge >= 0.3 is 11.4 Å². The van der Waals surface area contributed by atoms with Crippen LogP contribution in [0.1, 0.15) is 53.1 Å². The van der Waals surface area contributed by atoms with Crippen molar-refractivity contribution in [2.75, 3.05) is 5.32 Å². The van der Waals surface area contributed by atoms with E-state index in [4.69, 9.17) is 4.74 Å². The van der Waals surface area contributed by atoms with Gasteiger partial charge in [0.15, 0.2) is 0 Å². The summed E-state index contributed by atoms with van der Waals surface area (Å²) in [6.45, 7) is 11.0. The molecule has 1 N–H and O–H groups in total. The average molecular weight is 441 g/mol. The molecule has 0 aliphatic carbocycles. The van der Waals surface area contributed by atoms with Crippen molar-refractivity contribution in [1.82, 2.24) is 14.1 Å². The molecule has 1 atom stereocenters. The number of hydrogen-bond acceptors (Lipinski definition) is 5. The predicted octanol–water partition coefficient (Wildman–Crippen LogP) is 4.44. The van der Waals surface area contributed by atoms with Gasteiger partial charge in [-0.3, -0.25) is 4.57 Å². The molecule has 0 radical (unpaired) electrons. The molecule has 0 spiro atoms. The van der Waals surface area contributed by atoms with Crippen molar-refractivity contribution in [1.29, 1.82) is 0 Å². The summed E-state index contributed by atoms with van der Waals surface area (Å²) in [4.78, 5) is 30.4. The number of nitrogens with zero attached hydrogens (tertiary/aromatic N) is 3. The molecule has 1 unspecified atom stereocenters. The molecule has 0 saturated heterocycles. The summed E-state index contributed by atoms with van der Waals surface area (Å²) < 4.78 is 21.6. The molecule has 8 heteroatoms. The van der Waals surface area contributed by atoms with Crippen LogP contribution in [0, 0.1) is 5.82 Å². The SMILES string of the molecule is CC(C)Oc1ccc(Nc2nc(=O)n(C(C)(C)C)c(=O)n2C(C)c2ccc(F)cc2)cc1. The van der Waals surface area contributed by atoms with Gasteiger partial charge in [-0.2, -0.15) is 4.98 Å². The second kappa shape index (κ2) is 8.98. The summed E-state index contributed by atoms with van der Waals surface area (Å²) in [5.41, 5.74) is -0.567. The first kappa shape index (κ1) is 23.2. The molecule has 0 saturated carbocycles. The zero-order valence-corrected chi connectivity index (χ0v) is 19.2. The lowest BCUT2D eigenvalue weighted by atomic mass is 10.1. The van der Waals surface area contributed by atoms with Gasteiger partial charge in [0.2, 0.25) is 5.95 Å². The van der Waals surface area contributed by atoms with Gasteiger partial charge in [0.1, 0.15) is 11.6 Å². The Hall–Kier alpha value is -3.42. The third-order valence-corrected chi connectivity index (χ3v) is 4.91. The van der Waals surface area contributed by atoms with E-state index in [-0.39, 0.29) is 17.9 Å². The summed E-state index contributed by atoms with van der Waals surface area (Å²) in [6, 6.07) is 12.6. The van der Waals surface area contributed by atoms with Crippen LogP contribution in [-0.2, 0) is 5.54 Å². The van der Waals surface area contributed by atoms with Gasteiger partial charge in [-0.1, -0.05) is 12.1 Å². The molecule has 3 rings (SSSR count). The van der Waals surface area contributed by atoms with Crippen molar-refractivity contribution in [3.05, 3.63) is 80.9 Å². The van der Waals surface area contributed by atoms with Gasteiger partial charge in [-0.15, -0.1) is 0 Å². The van der Waals surface area contributed by atoms with Crippen molar-refractivity contribution < 1.29 is 9.13 Å². The zero-order valence-electron chi connectivity index (χ0n) is 19.2. The van der Waals surface area contributed by atoms with E-state index >= 15 is 0 Å². The fourth-order valence-electron chi connectivity index (χ4n) is 3.39.